The van der Waals surface area contributed by atoms with Gasteiger partial charge in [-0.25, -0.2) is 0 Å². The summed E-state index contributed by atoms with van der Waals surface area (Å²) in [6.07, 6.45) is 1.66. The SMILES string of the molecule is CC(C)n1cnnc1S[C@H](C)C(=O)Nc1cc(Cl)ccc1Cl. The molecule has 0 aliphatic heterocycles. The number of amides is 1. The zero-order chi connectivity index (χ0) is 16.3. The van der Waals surface area contributed by atoms with E-state index in [4.69, 9.17) is 23.2 Å². The number of benzene rings is 1. The molecule has 5 nitrogen and oxygen atoms in total. The summed E-state index contributed by atoms with van der Waals surface area (Å²) in [5, 5.41) is 12.0. The van der Waals surface area contributed by atoms with Crippen LogP contribution in [0.5, 0.6) is 0 Å². The molecule has 118 valence electrons. The molecular formula is C14H16Cl2N4OS. The van der Waals surface area contributed by atoms with Crippen LogP contribution in [0.1, 0.15) is 26.8 Å². The zero-order valence-electron chi connectivity index (χ0n) is 12.4. The smallest absolute Gasteiger partial charge is 0.237 e. The molecule has 8 heteroatoms. The summed E-state index contributed by atoms with van der Waals surface area (Å²) in [4.78, 5) is 12.3. The van der Waals surface area contributed by atoms with Crippen molar-refractivity contribution >= 4 is 46.6 Å². The lowest BCUT2D eigenvalue weighted by molar-refractivity contribution is -0.115. The Bertz CT molecular complexity index is 675. The van der Waals surface area contributed by atoms with Crippen LogP contribution in [0.4, 0.5) is 5.69 Å². The molecule has 2 rings (SSSR count). The summed E-state index contributed by atoms with van der Waals surface area (Å²) in [6, 6.07) is 5.17. The second kappa shape index (κ2) is 7.35. The van der Waals surface area contributed by atoms with E-state index in [-0.39, 0.29) is 17.2 Å². The first kappa shape index (κ1) is 17.1. The highest BCUT2D eigenvalue weighted by Gasteiger charge is 2.19. The van der Waals surface area contributed by atoms with Crippen LogP contribution in [-0.2, 0) is 4.79 Å². The topological polar surface area (TPSA) is 59.8 Å². The average molecular weight is 359 g/mol. The molecule has 0 unspecified atom stereocenters. The maximum Gasteiger partial charge on any atom is 0.237 e. The van der Waals surface area contributed by atoms with Gasteiger partial charge in [0.15, 0.2) is 5.16 Å². The summed E-state index contributed by atoms with van der Waals surface area (Å²) in [5.41, 5.74) is 0.497. The van der Waals surface area contributed by atoms with Crippen LogP contribution in [0.25, 0.3) is 0 Å². The van der Waals surface area contributed by atoms with Gasteiger partial charge in [-0.05, 0) is 39.0 Å². The third kappa shape index (κ3) is 4.15. The largest absolute Gasteiger partial charge is 0.324 e. The minimum atomic E-state index is -0.350. The molecule has 0 saturated heterocycles. The van der Waals surface area contributed by atoms with Crippen LogP contribution in [0.2, 0.25) is 10.0 Å². The molecule has 0 spiro atoms. The lowest BCUT2D eigenvalue weighted by Crippen LogP contribution is -2.23. The predicted molar refractivity (Wildman–Crippen MR) is 90.8 cm³/mol. The van der Waals surface area contributed by atoms with Gasteiger partial charge in [-0.15, -0.1) is 10.2 Å². The second-order valence-corrected chi connectivity index (χ2v) is 7.14. The Labute approximate surface area is 143 Å². The van der Waals surface area contributed by atoms with E-state index in [0.29, 0.717) is 20.9 Å². The molecule has 0 bridgehead atoms. The molecule has 0 fully saturated rings. The van der Waals surface area contributed by atoms with E-state index in [1.807, 2.05) is 18.4 Å². The number of hydrogen-bond acceptors (Lipinski definition) is 4. The van der Waals surface area contributed by atoms with Gasteiger partial charge in [0.05, 0.1) is 16.0 Å². The summed E-state index contributed by atoms with van der Waals surface area (Å²) in [5.74, 6) is -0.174. The maximum absolute atomic E-state index is 12.3. The van der Waals surface area contributed by atoms with E-state index in [9.17, 15) is 4.79 Å². The normalized spacial score (nSPS) is 12.5. The van der Waals surface area contributed by atoms with Gasteiger partial charge in [0.2, 0.25) is 5.91 Å². The van der Waals surface area contributed by atoms with Crippen molar-refractivity contribution in [2.24, 2.45) is 0 Å². The molecule has 0 saturated carbocycles. The van der Waals surface area contributed by atoms with E-state index in [1.54, 1.807) is 31.5 Å². The van der Waals surface area contributed by atoms with Crippen molar-refractivity contribution < 1.29 is 4.79 Å². The number of nitrogens with one attached hydrogen (secondary N) is 1. The molecular weight excluding hydrogens is 343 g/mol. The fraction of sp³-hybridized carbons (Fsp3) is 0.357. The first-order valence-electron chi connectivity index (χ1n) is 6.70. The Morgan fingerprint density at radius 3 is 2.73 bits per heavy atom. The Morgan fingerprint density at radius 1 is 1.32 bits per heavy atom. The molecule has 1 heterocycles. The first-order chi connectivity index (χ1) is 10.4. The Hall–Kier alpha value is -1.24. The third-order valence-electron chi connectivity index (χ3n) is 2.93. The minimum absolute atomic E-state index is 0.174. The number of rotatable bonds is 5. The van der Waals surface area contributed by atoms with Crippen molar-refractivity contribution in [3.8, 4) is 0 Å². The standard InChI is InChI=1S/C14H16Cl2N4OS/c1-8(2)20-7-17-19-14(20)22-9(3)13(21)18-12-6-10(15)4-5-11(12)16/h4-9H,1-3H3,(H,18,21)/t9-/m1/s1. The number of halogens is 2. The molecule has 0 radical (unpaired) electrons. The van der Waals surface area contributed by atoms with E-state index in [1.165, 1.54) is 11.8 Å². The van der Waals surface area contributed by atoms with Gasteiger partial charge in [0, 0.05) is 11.1 Å². The van der Waals surface area contributed by atoms with Crippen LogP contribution in [0, 0.1) is 0 Å². The van der Waals surface area contributed by atoms with Gasteiger partial charge in [-0.2, -0.15) is 0 Å². The number of hydrogen-bond donors (Lipinski definition) is 1. The molecule has 1 amide bonds. The zero-order valence-corrected chi connectivity index (χ0v) is 14.7. The molecule has 0 aliphatic carbocycles. The van der Waals surface area contributed by atoms with Crippen molar-refractivity contribution in [3.05, 3.63) is 34.6 Å². The minimum Gasteiger partial charge on any atom is -0.324 e. The molecule has 0 aliphatic rings. The number of nitrogens with zero attached hydrogens (tertiary/aromatic N) is 3. The second-order valence-electron chi connectivity index (χ2n) is 4.99. The predicted octanol–water partition coefficient (Wildman–Crippen LogP) is 4.29. The van der Waals surface area contributed by atoms with Crippen LogP contribution >= 0.6 is 35.0 Å². The van der Waals surface area contributed by atoms with Crippen LogP contribution < -0.4 is 5.32 Å². The monoisotopic (exact) mass is 358 g/mol. The first-order valence-corrected chi connectivity index (χ1v) is 8.34. The van der Waals surface area contributed by atoms with E-state index in [0.717, 1.165) is 0 Å². The van der Waals surface area contributed by atoms with Crippen LogP contribution in [-0.4, -0.2) is 25.9 Å². The highest BCUT2D eigenvalue weighted by molar-refractivity contribution is 8.00. The van der Waals surface area contributed by atoms with E-state index >= 15 is 0 Å². The molecule has 1 aromatic heterocycles. The number of thioether (sulfide) groups is 1. The Kier molecular flexibility index (Phi) is 5.72. The van der Waals surface area contributed by atoms with Crippen LogP contribution in [0.15, 0.2) is 29.7 Å². The maximum atomic E-state index is 12.3. The highest BCUT2D eigenvalue weighted by atomic mass is 35.5. The molecule has 1 atom stereocenters. The fourth-order valence-electron chi connectivity index (χ4n) is 1.71. The number of aromatic nitrogens is 3. The number of anilines is 1. The molecule has 1 aromatic carbocycles. The Balaban J connectivity index is 2.06. The van der Waals surface area contributed by atoms with Gasteiger partial charge < -0.3 is 9.88 Å². The molecule has 22 heavy (non-hydrogen) atoms. The summed E-state index contributed by atoms with van der Waals surface area (Å²) < 4.78 is 1.92. The summed E-state index contributed by atoms with van der Waals surface area (Å²) in [6.45, 7) is 5.87. The molecule has 1 N–H and O–H groups in total. The van der Waals surface area contributed by atoms with Gasteiger partial charge in [-0.1, -0.05) is 35.0 Å². The summed E-state index contributed by atoms with van der Waals surface area (Å²) in [7, 11) is 0. The quantitative estimate of drug-likeness (QED) is 0.810. The van der Waals surface area contributed by atoms with Crippen LogP contribution in [0.3, 0.4) is 0 Å². The summed E-state index contributed by atoms with van der Waals surface area (Å²) >= 11 is 13.3. The van der Waals surface area contributed by atoms with Gasteiger partial charge >= 0.3 is 0 Å². The van der Waals surface area contributed by atoms with Gasteiger partial charge in [-0.3, -0.25) is 4.79 Å². The third-order valence-corrected chi connectivity index (χ3v) is 4.57. The van der Waals surface area contributed by atoms with E-state index in [2.05, 4.69) is 15.5 Å². The van der Waals surface area contributed by atoms with Crippen molar-refractivity contribution in [1.29, 1.82) is 0 Å². The fourth-order valence-corrected chi connectivity index (χ4v) is 3.00. The van der Waals surface area contributed by atoms with Crippen molar-refractivity contribution in [1.82, 2.24) is 14.8 Å². The number of carbonyl (C=O) groups excluding carboxylic acids is 1. The van der Waals surface area contributed by atoms with E-state index < -0.39 is 0 Å². The number of carbonyl (C=O) groups is 1. The Morgan fingerprint density at radius 2 is 2.05 bits per heavy atom. The van der Waals surface area contributed by atoms with Gasteiger partial charge in [0.1, 0.15) is 6.33 Å². The lowest BCUT2D eigenvalue weighted by atomic mass is 10.3. The van der Waals surface area contributed by atoms with Crippen molar-refractivity contribution in [2.75, 3.05) is 5.32 Å². The van der Waals surface area contributed by atoms with Crippen molar-refractivity contribution in [2.45, 2.75) is 37.2 Å². The van der Waals surface area contributed by atoms with Gasteiger partial charge in [0.25, 0.3) is 0 Å². The average Bonchev–Trinajstić information content (AvgIpc) is 2.91. The van der Waals surface area contributed by atoms with Crippen molar-refractivity contribution in [3.63, 3.8) is 0 Å². The molecule has 2 aromatic rings. The lowest BCUT2D eigenvalue weighted by Gasteiger charge is -2.14. The highest BCUT2D eigenvalue weighted by Crippen LogP contribution is 2.28.